The number of hydrogen-bond acceptors (Lipinski definition) is 3. The van der Waals surface area contributed by atoms with Crippen molar-refractivity contribution in [3.63, 3.8) is 0 Å². The molecule has 1 fully saturated rings. The van der Waals surface area contributed by atoms with Crippen molar-refractivity contribution >= 4 is 23.0 Å². The second-order valence-electron chi connectivity index (χ2n) is 8.05. The molecule has 1 saturated heterocycles. The lowest BCUT2D eigenvalue weighted by atomic mass is 9.88. The number of nitrogens with one attached hydrogen (secondary N) is 3. The van der Waals surface area contributed by atoms with Gasteiger partial charge >= 0.3 is 0 Å². The molecule has 0 bridgehead atoms. The molecule has 0 spiro atoms. The van der Waals surface area contributed by atoms with Gasteiger partial charge in [0.15, 0.2) is 5.11 Å². The first-order valence-electron chi connectivity index (χ1n) is 10.7. The smallest absolute Gasteiger partial charge is 0.186 e. The molecule has 3 rings (SSSR count). The lowest BCUT2D eigenvalue weighted by Gasteiger charge is -2.37. The number of hydrazone groups is 1. The fourth-order valence-electron chi connectivity index (χ4n) is 4.31. The van der Waals surface area contributed by atoms with Crippen LogP contribution in [0, 0.1) is 0 Å². The van der Waals surface area contributed by atoms with E-state index in [0.29, 0.717) is 17.2 Å². The van der Waals surface area contributed by atoms with Crippen LogP contribution in [0.15, 0.2) is 65.8 Å². The molecule has 0 amide bonds. The Morgan fingerprint density at radius 2 is 1.73 bits per heavy atom. The van der Waals surface area contributed by atoms with Crippen molar-refractivity contribution in [3.05, 3.63) is 71.8 Å². The fourth-order valence-corrected chi connectivity index (χ4v) is 4.36. The van der Waals surface area contributed by atoms with E-state index in [-0.39, 0.29) is 0 Å². The van der Waals surface area contributed by atoms with Crippen LogP contribution in [0.25, 0.3) is 0 Å². The highest BCUT2D eigenvalue weighted by atomic mass is 32.1. The van der Waals surface area contributed by atoms with Gasteiger partial charge in [0.25, 0.3) is 0 Å². The predicted octanol–water partition coefficient (Wildman–Crippen LogP) is 2.43. The van der Waals surface area contributed by atoms with E-state index in [1.54, 1.807) is 7.05 Å². The Hall–Kier alpha value is -2.28. The highest BCUT2D eigenvalue weighted by Crippen LogP contribution is 2.22. The van der Waals surface area contributed by atoms with Gasteiger partial charge in [-0.2, -0.15) is 5.10 Å². The molecule has 1 heterocycles. The molecule has 4 atom stereocenters. The van der Waals surface area contributed by atoms with Crippen molar-refractivity contribution < 1.29 is 10.0 Å². The van der Waals surface area contributed by atoms with Gasteiger partial charge in [-0.05, 0) is 42.6 Å². The van der Waals surface area contributed by atoms with Crippen LogP contribution in [0.2, 0.25) is 0 Å². The highest BCUT2D eigenvalue weighted by Gasteiger charge is 2.34. The van der Waals surface area contributed by atoms with Crippen LogP contribution in [-0.2, 0) is 0 Å². The summed E-state index contributed by atoms with van der Waals surface area (Å²) >= 11 is 5.20. The lowest BCUT2D eigenvalue weighted by Crippen LogP contribution is -3.17. The quantitative estimate of drug-likeness (QED) is 0.313. The minimum absolute atomic E-state index is 0.415. The van der Waals surface area contributed by atoms with Crippen molar-refractivity contribution in [2.45, 2.75) is 50.3 Å². The van der Waals surface area contributed by atoms with Gasteiger partial charge in [0, 0.05) is 19.9 Å². The standard InChI is InChI=1S/C24H32N4OS/c1-25-24(30)27-26-22(18-10-5-3-6-11-18)16-20-14-9-15-21(28(20)2)17-23(29)19-12-7-4-8-13-19/h3-8,10-13,20-21,23,29H,9,14-17H2,1-2H3,(H2,25,27,30)/p+1/b26-22-/t20-,21+,23-/m1/s1. The Balaban J connectivity index is 1.70. The zero-order chi connectivity index (χ0) is 21.3. The van der Waals surface area contributed by atoms with Crippen molar-refractivity contribution in [1.29, 1.82) is 0 Å². The Labute approximate surface area is 185 Å². The molecule has 2 aromatic carbocycles. The van der Waals surface area contributed by atoms with Gasteiger partial charge < -0.3 is 15.3 Å². The van der Waals surface area contributed by atoms with Gasteiger partial charge in [-0.3, -0.25) is 5.43 Å². The summed E-state index contributed by atoms with van der Waals surface area (Å²) in [4.78, 5) is 1.48. The third kappa shape index (κ3) is 6.11. The summed E-state index contributed by atoms with van der Waals surface area (Å²) in [5, 5.41) is 18.8. The zero-order valence-corrected chi connectivity index (χ0v) is 18.7. The number of hydrogen-bond donors (Lipinski definition) is 4. The molecule has 1 unspecified atom stereocenters. The van der Waals surface area contributed by atoms with Crippen LogP contribution in [0.4, 0.5) is 0 Å². The van der Waals surface area contributed by atoms with Crippen LogP contribution in [0.3, 0.4) is 0 Å². The third-order valence-electron chi connectivity index (χ3n) is 6.15. The van der Waals surface area contributed by atoms with E-state index in [2.05, 4.69) is 35.0 Å². The number of thiocarbonyl (C=S) groups is 1. The Morgan fingerprint density at radius 3 is 2.40 bits per heavy atom. The van der Waals surface area contributed by atoms with Crippen molar-refractivity contribution in [1.82, 2.24) is 10.7 Å². The van der Waals surface area contributed by atoms with E-state index < -0.39 is 6.10 Å². The summed E-state index contributed by atoms with van der Waals surface area (Å²) in [6.45, 7) is 0. The van der Waals surface area contributed by atoms with E-state index in [9.17, 15) is 5.11 Å². The van der Waals surface area contributed by atoms with E-state index in [0.717, 1.165) is 42.5 Å². The number of nitrogens with zero attached hydrogens (tertiary/aromatic N) is 1. The van der Waals surface area contributed by atoms with E-state index in [1.165, 1.54) is 11.3 Å². The molecule has 1 aliphatic heterocycles. The summed E-state index contributed by atoms with van der Waals surface area (Å²) < 4.78 is 0. The highest BCUT2D eigenvalue weighted by molar-refractivity contribution is 7.80. The van der Waals surface area contributed by atoms with Crippen LogP contribution in [0.5, 0.6) is 0 Å². The van der Waals surface area contributed by atoms with E-state index in [4.69, 9.17) is 12.2 Å². The Morgan fingerprint density at radius 1 is 1.10 bits per heavy atom. The summed E-state index contributed by atoms with van der Waals surface area (Å²) in [5.74, 6) is 0. The van der Waals surface area contributed by atoms with Gasteiger partial charge in [0.2, 0.25) is 0 Å². The topological polar surface area (TPSA) is 61.1 Å². The van der Waals surface area contributed by atoms with Crippen LogP contribution in [0.1, 0.15) is 49.3 Å². The summed E-state index contributed by atoms with van der Waals surface area (Å²) in [6.07, 6.45) is 4.72. The maximum Gasteiger partial charge on any atom is 0.186 e. The second-order valence-corrected chi connectivity index (χ2v) is 8.46. The third-order valence-corrected chi connectivity index (χ3v) is 6.45. The van der Waals surface area contributed by atoms with Crippen molar-refractivity contribution in [2.75, 3.05) is 14.1 Å². The fraction of sp³-hybridized carbons (Fsp3) is 0.417. The van der Waals surface area contributed by atoms with Crippen LogP contribution < -0.4 is 15.6 Å². The average Bonchev–Trinajstić information content (AvgIpc) is 2.79. The number of rotatable bonds is 7. The molecule has 30 heavy (non-hydrogen) atoms. The van der Waals surface area contributed by atoms with Crippen LogP contribution >= 0.6 is 12.2 Å². The molecular weight excluding hydrogens is 392 g/mol. The first-order chi connectivity index (χ1) is 14.6. The number of aliphatic hydroxyl groups is 1. The molecule has 1 aliphatic rings. The largest absolute Gasteiger partial charge is 0.388 e. The summed E-state index contributed by atoms with van der Waals surface area (Å²) in [6, 6.07) is 21.2. The van der Waals surface area contributed by atoms with Crippen LogP contribution in [-0.4, -0.2) is 42.1 Å². The number of benzene rings is 2. The molecular formula is C24H33N4OS+. The monoisotopic (exact) mass is 425 g/mol. The van der Waals surface area contributed by atoms with Crippen molar-refractivity contribution in [3.8, 4) is 0 Å². The number of piperidine rings is 1. The molecule has 5 nitrogen and oxygen atoms in total. The maximum absolute atomic E-state index is 10.7. The molecule has 0 radical (unpaired) electrons. The minimum Gasteiger partial charge on any atom is -0.388 e. The van der Waals surface area contributed by atoms with Gasteiger partial charge in [-0.25, -0.2) is 0 Å². The first kappa shape index (κ1) is 22.4. The molecule has 6 heteroatoms. The minimum atomic E-state index is -0.415. The molecule has 0 saturated carbocycles. The molecule has 0 aromatic heterocycles. The van der Waals surface area contributed by atoms with E-state index in [1.807, 2.05) is 48.5 Å². The Kier molecular flexibility index (Phi) is 8.37. The SMILES string of the molecule is CNC(=S)N/N=C(/C[C@H]1CCC[C@@H](C[C@@H](O)c2ccccc2)[NH+]1C)c1ccccc1. The molecule has 4 N–H and O–H groups in total. The number of quaternary nitrogens is 1. The summed E-state index contributed by atoms with van der Waals surface area (Å²) in [7, 11) is 4.05. The maximum atomic E-state index is 10.7. The molecule has 0 aliphatic carbocycles. The number of aliphatic hydroxyl groups excluding tert-OH is 1. The number of likely N-dealkylation sites (tertiary alicyclic amines) is 1. The lowest BCUT2D eigenvalue weighted by molar-refractivity contribution is -0.936. The zero-order valence-electron chi connectivity index (χ0n) is 17.8. The van der Waals surface area contributed by atoms with Gasteiger partial charge in [-0.15, -0.1) is 0 Å². The Bertz CT molecular complexity index is 828. The normalized spacial score (nSPS) is 22.9. The van der Waals surface area contributed by atoms with E-state index >= 15 is 0 Å². The second kappa shape index (κ2) is 11.2. The van der Waals surface area contributed by atoms with Gasteiger partial charge in [0.05, 0.1) is 30.9 Å². The van der Waals surface area contributed by atoms with Crippen molar-refractivity contribution in [2.24, 2.45) is 5.10 Å². The first-order valence-corrected chi connectivity index (χ1v) is 11.1. The average molecular weight is 426 g/mol. The van der Waals surface area contributed by atoms with Gasteiger partial charge in [0.1, 0.15) is 0 Å². The predicted molar refractivity (Wildman–Crippen MR) is 127 cm³/mol. The van der Waals surface area contributed by atoms with Gasteiger partial charge in [-0.1, -0.05) is 60.7 Å². The molecule has 160 valence electrons. The summed E-state index contributed by atoms with van der Waals surface area (Å²) in [5.41, 5.74) is 6.09. The molecule has 2 aromatic rings.